The van der Waals surface area contributed by atoms with Crippen molar-refractivity contribution < 1.29 is 41.7 Å². The van der Waals surface area contributed by atoms with Crippen LogP contribution in [0, 0.1) is 20.8 Å². The minimum absolute atomic E-state index is 0.01000. The van der Waals surface area contributed by atoms with Crippen LogP contribution in [0.5, 0.6) is 23.0 Å². The van der Waals surface area contributed by atoms with Crippen LogP contribution < -0.4 is 14.2 Å². The van der Waals surface area contributed by atoms with Crippen molar-refractivity contribution in [2.45, 2.75) is 60.4 Å². The monoisotopic (exact) mass is 521 g/mol. The second-order valence-electron chi connectivity index (χ2n) is 8.65. The van der Waals surface area contributed by atoms with E-state index < -0.39 is 12.5 Å². The highest BCUT2D eigenvalue weighted by molar-refractivity contribution is 5.94. The molecule has 0 fully saturated rings. The van der Waals surface area contributed by atoms with Crippen molar-refractivity contribution in [3.8, 4) is 23.0 Å². The highest BCUT2D eigenvalue weighted by Gasteiger charge is 2.31. The Kier molecular flexibility index (Phi) is 8.85. The summed E-state index contributed by atoms with van der Waals surface area (Å²) in [6.07, 6.45) is -5.02. The van der Waals surface area contributed by atoms with Crippen LogP contribution >= 0.6 is 0 Å². The standard InChI is InChI=1S/C27H30F3NO6/c1-7-21-17(5)25(36-26(32)34-13-12-33-15(2)3)23-18(6)24(16(4)14-22(23)31-21)35-19-8-10-20(11-9-19)37-27(28,29)30/h8-11,14-15H,7,12-13H2,1-6H3. The Morgan fingerprint density at radius 1 is 0.973 bits per heavy atom. The SMILES string of the molecule is CCc1nc2cc(C)c(Oc3ccc(OC(F)(F)F)cc3)c(C)c2c(OC(=O)OCCOC(C)C)c1C. The average Bonchev–Trinajstić information content (AvgIpc) is 2.81. The molecular weight excluding hydrogens is 491 g/mol. The van der Waals surface area contributed by atoms with E-state index in [0.29, 0.717) is 45.7 Å². The van der Waals surface area contributed by atoms with Gasteiger partial charge in [-0.25, -0.2) is 4.79 Å². The molecule has 0 atom stereocenters. The number of benzene rings is 2. The molecule has 0 aliphatic carbocycles. The number of nitrogens with zero attached hydrogens (tertiary/aromatic N) is 1. The normalized spacial score (nSPS) is 11.6. The van der Waals surface area contributed by atoms with Gasteiger partial charge in [-0.05, 0) is 76.9 Å². The molecule has 0 radical (unpaired) electrons. The lowest BCUT2D eigenvalue weighted by atomic mass is 9.99. The van der Waals surface area contributed by atoms with Gasteiger partial charge in [0.25, 0.3) is 0 Å². The number of ether oxygens (including phenoxy) is 5. The zero-order valence-corrected chi connectivity index (χ0v) is 21.6. The van der Waals surface area contributed by atoms with Crippen LogP contribution in [0.3, 0.4) is 0 Å². The average molecular weight is 522 g/mol. The lowest BCUT2D eigenvalue weighted by Crippen LogP contribution is -2.17. The number of aromatic nitrogens is 1. The number of carbonyl (C=O) groups excluding carboxylic acids is 1. The molecule has 0 aliphatic heterocycles. The summed E-state index contributed by atoms with van der Waals surface area (Å²) >= 11 is 0. The first kappa shape index (κ1) is 28.0. The molecule has 1 heterocycles. The summed E-state index contributed by atoms with van der Waals surface area (Å²) in [4.78, 5) is 17.2. The number of alkyl halides is 3. The number of aryl methyl sites for hydroxylation is 3. The summed E-state index contributed by atoms with van der Waals surface area (Å²) < 4.78 is 63.6. The highest BCUT2D eigenvalue weighted by Crippen LogP contribution is 2.41. The Bertz CT molecular complexity index is 1260. The van der Waals surface area contributed by atoms with Crippen molar-refractivity contribution in [2.75, 3.05) is 13.2 Å². The van der Waals surface area contributed by atoms with Gasteiger partial charge in [0.15, 0.2) is 0 Å². The molecule has 37 heavy (non-hydrogen) atoms. The van der Waals surface area contributed by atoms with E-state index in [2.05, 4.69) is 4.74 Å². The maximum absolute atomic E-state index is 12.5. The number of hydrogen-bond acceptors (Lipinski definition) is 7. The third kappa shape index (κ3) is 7.25. The van der Waals surface area contributed by atoms with E-state index in [0.717, 1.165) is 11.3 Å². The molecule has 0 N–H and O–H groups in total. The smallest absolute Gasteiger partial charge is 0.457 e. The molecule has 0 saturated heterocycles. The zero-order chi connectivity index (χ0) is 27.3. The fourth-order valence-electron chi connectivity index (χ4n) is 3.84. The van der Waals surface area contributed by atoms with Gasteiger partial charge in [0.2, 0.25) is 0 Å². The fourth-order valence-corrected chi connectivity index (χ4v) is 3.84. The van der Waals surface area contributed by atoms with Crippen LogP contribution in [0.2, 0.25) is 0 Å². The van der Waals surface area contributed by atoms with Gasteiger partial charge in [0, 0.05) is 16.8 Å². The molecule has 3 aromatic rings. The van der Waals surface area contributed by atoms with E-state index in [1.165, 1.54) is 24.3 Å². The topological polar surface area (TPSA) is 76.1 Å². The van der Waals surface area contributed by atoms with E-state index in [1.54, 1.807) is 6.92 Å². The quantitative estimate of drug-likeness (QED) is 0.215. The van der Waals surface area contributed by atoms with Gasteiger partial charge in [-0.15, -0.1) is 13.2 Å². The number of fused-ring (bicyclic) bond motifs is 1. The third-order valence-electron chi connectivity index (χ3n) is 5.49. The lowest BCUT2D eigenvalue weighted by molar-refractivity contribution is -0.274. The van der Waals surface area contributed by atoms with Gasteiger partial charge in [-0.2, -0.15) is 0 Å². The summed E-state index contributed by atoms with van der Waals surface area (Å²) in [5, 5.41) is 0.572. The van der Waals surface area contributed by atoms with Gasteiger partial charge in [-0.3, -0.25) is 4.98 Å². The summed E-state index contributed by atoms with van der Waals surface area (Å²) in [7, 11) is 0. The Balaban J connectivity index is 1.95. The van der Waals surface area contributed by atoms with E-state index >= 15 is 0 Å². The molecule has 0 saturated carbocycles. The molecule has 3 rings (SSSR count). The summed E-state index contributed by atoms with van der Waals surface area (Å²) in [6.45, 7) is 11.4. The van der Waals surface area contributed by atoms with E-state index in [9.17, 15) is 18.0 Å². The zero-order valence-electron chi connectivity index (χ0n) is 21.6. The van der Waals surface area contributed by atoms with Crippen LogP contribution in [0.4, 0.5) is 18.0 Å². The van der Waals surface area contributed by atoms with Crippen molar-refractivity contribution in [2.24, 2.45) is 0 Å². The first-order valence-corrected chi connectivity index (χ1v) is 11.8. The summed E-state index contributed by atoms with van der Waals surface area (Å²) in [6, 6.07) is 6.90. The van der Waals surface area contributed by atoms with Crippen molar-refractivity contribution in [3.05, 3.63) is 52.7 Å². The Morgan fingerprint density at radius 3 is 2.22 bits per heavy atom. The van der Waals surface area contributed by atoms with Crippen molar-refractivity contribution >= 4 is 17.1 Å². The molecule has 0 unspecified atom stereocenters. The highest BCUT2D eigenvalue weighted by atomic mass is 19.4. The van der Waals surface area contributed by atoms with Gasteiger partial charge < -0.3 is 23.7 Å². The third-order valence-corrected chi connectivity index (χ3v) is 5.49. The van der Waals surface area contributed by atoms with Crippen molar-refractivity contribution in [1.29, 1.82) is 0 Å². The Morgan fingerprint density at radius 2 is 1.62 bits per heavy atom. The van der Waals surface area contributed by atoms with Crippen molar-refractivity contribution in [1.82, 2.24) is 4.98 Å². The van der Waals surface area contributed by atoms with Gasteiger partial charge in [0.1, 0.15) is 29.6 Å². The maximum atomic E-state index is 12.5. The summed E-state index contributed by atoms with van der Waals surface area (Å²) in [5.74, 6) is 0.729. The molecule has 0 amide bonds. The number of halogens is 3. The van der Waals surface area contributed by atoms with E-state index in [4.69, 9.17) is 23.9 Å². The molecule has 0 aliphatic rings. The maximum Gasteiger partial charge on any atom is 0.573 e. The molecule has 7 nitrogen and oxygen atoms in total. The molecular formula is C27H30F3NO6. The molecule has 200 valence electrons. The molecule has 2 aromatic carbocycles. The summed E-state index contributed by atoms with van der Waals surface area (Å²) in [5.41, 5.74) is 3.47. The minimum atomic E-state index is -4.78. The van der Waals surface area contributed by atoms with Crippen LogP contribution in [-0.2, 0) is 15.9 Å². The van der Waals surface area contributed by atoms with E-state index in [1.807, 2.05) is 40.7 Å². The number of hydrogen-bond donors (Lipinski definition) is 0. The van der Waals surface area contributed by atoms with Crippen LogP contribution in [0.1, 0.15) is 43.2 Å². The van der Waals surface area contributed by atoms with Crippen molar-refractivity contribution in [3.63, 3.8) is 0 Å². The number of pyridine rings is 1. The van der Waals surface area contributed by atoms with Gasteiger partial charge in [-0.1, -0.05) is 6.92 Å². The number of rotatable bonds is 9. The molecule has 0 bridgehead atoms. The number of carbonyl (C=O) groups is 1. The molecule has 10 heteroatoms. The lowest BCUT2D eigenvalue weighted by Gasteiger charge is -2.19. The van der Waals surface area contributed by atoms with Gasteiger partial charge >= 0.3 is 12.5 Å². The largest absolute Gasteiger partial charge is 0.573 e. The minimum Gasteiger partial charge on any atom is -0.457 e. The van der Waals surface area contributed by atoms with Gasteiger partial charge in [0.05, 0.1) is 23.6 Å². The second kappa shape index (κ2) is 11.7. The fraction of sp³-hybridized carbons (Fsp3) is 0.407. The first-order valence-electron chi connectivity index (χ1n) is 11.8. The Hall–Kier alpha value is -3.53. The van der Waals surface area contributed by atoms with Crippen LogP contribution in [-0.4, -0.2) is 36.8 Å². The van der Waals surface area contributed by atoms with Crippen LogP contribution in [0.15, 0.2) is 30.3 Å². The molecule has 0 spiro atoms. The molecule has 1 aromatic heterocycles. The second-order valence-corrected chi connectivity index (χ2v) is 8.65. The van der Waals surface area contributed by atoms with Crippen LogP contribution in [0.25, 0.3) is 10.9 Å². The van der Waals surface area contributed by atoms with E-state index in [-0.39, 0.29) is 25.1 Å². The first-order chi connectivity index (χ1) is 17.4. The predicted octanol–water partition coefficient (Wildman–Crippen LogP) is 7.35. The predicted molar refractivity (Wildman–Crippen MR) is 132 cm³/mol. The Labute approximate surface area is 213 Å².